The second-order valence-corrected chi connectivity index (χ2v) is 8.41. The number of benzene rings is 4. The van der Waals surface area contributed by atoms with Gasteiger partial charge in [0.25, 0.3) is 0 Å². The van der Waals surface area contributed by atoms with E-state index in [-0.39, 0.29) is 23.5 Å². The largest absolute Gasteiger partial charge is 0.494 e. The quantitative estimate of drug-likeness (QED) is 0.133. The van der Waals surface area contributed by atoms with Crippen LogP contribution in [-0.4, -0.2) is 6.61 Å². The lowest BCUT2D eigenvalue weighted by Crippen LogP contribution is -2.25. The second kappa shape index (κ2) is 12.2. The van der Waals surface area contributed by atoms with E-state index < -0.39 is 63.7 Å². The summed E-state index contributed by atoms with van der Waals surface area (Å²) in [6.45, 7) is 1.53. The first-order valence-corrected chi connectivity index (χ1v) is 11.8. The van der Waals surface area contributed by atoms with Crippen LogP contribution in [0.2, 0.25) is 0 Å². The van der Waals surface area contributed by atoms with Crippen LogP contribution in [0.15, 0.2) is 60.7 Å². The van der Waals surface area contributed by atoms with Crippen molar-refractivity contribution in [3.8, 4) is 35.2 Å². The molecule has 2 nitrogen and oxygen atoms in total. The van der Waals surface area contributed by atoms with Gasteiger partial charge < -0.3 is 9.47 Å². The van der Waals surface area contributed by atoms with Gasteiger partial charge >= 0.3 is 6.11 Å². The molecule has 0 aromatic heterocycles. The molecule has 4 rings (SSSR count). The number of halogens is 9. The summed E-state index contributed by atoms with van der Waals surface area (Å²) in [5.74, 6) is -2.21. The fourth-order valence-corrected chi connectivity index (χ4v) is 3.55. The SMILES string of the molecule is CCOc1cc(F)c(C(F)(F)Oc2cc(F)c(C#Cc3ccc(C#Cc4cc(F)c(F)c(F)c4)cc3)c(F)c2)c(F)c1. The maximum absolute atomic E-state index is 14.6. The van der Waals surface area contributed by atoms with Gasteiger partial charge in [-0.1, -0.05) is 23.7 Å². The molecular formula is C31H15F9O2. The molecule has 0 saturated carbocycles. The predicted octanol–water partition coefficient (Wildman–Crippen LogP) is 7.99. The lowest BCUT2D eigenvalue weighted by molar-refractivity contribution is -0.189. The summed E-state index contributed by atoms with van der Waals surface area (Å²) in [4.78, 5) is 0. The van der Waals surface area contributed by atoms with Crippen molar-refractivity contribution in [1.82, 2.24) is 0 Å². The maximum Gasteiger partial charge on any atom is 0.432 e. The van der Waals surface area contributed by atoms with Crippen LogP contribution >= 0.6 is 0 Å². The van der Waals surface area contributed by atoms with E-state index in [2.05, 4.69) is 28.4 Å². The molecule has 0 fully saturated rings. The molecule has 4 aromatic rings. The number of ether oxygens (including phenoxy) is 2. The molecule has 0 radical (unpaired) electrons. The van der Waals surface area contributed by atoms with E-state index in [9.17, 15) is 39.5 Å². The Morgan fingerprint density at radius 1 is 0.571 bits per heavy atom. The van der Waals surface area contributed by atoms with Gasteiger partial charge in [-0.3, -0.25) is 0 Å². The van der Waals surface area contributed by atoms with Crippen LogP contribution in [0.1, 0.15) is 34.7 Å². The highest BCUT2D eigenvalue weighted by molar-refractivity contribution is 5.49. The van der Waals surface area contributed by atoms with Crippen molar-refractivity contribution >= 4 is 0 Å². The average Bonchev–Trinajstić information content (AvgIpc) is 2.90. The summed E-state index contributed by atoms with van der Waals surface area (Å²) < 4.78 is 136. The Morgan fingerprint density at radius 2 is 1.02 bits per heavy atom. The summed E-state index contributed by atoms with van der Waals surface area (Å²) in [7, 11) is 0. The van der Waals surface area contributed by atoms with Crippen molar-refractivity contribution < 1.29 is 49.0 Å². The highest BCUT2D eigenvalue weighted by atomic mass is 19.3. The van der Waals surface area contributed by atoms with Crippen LogP contribution in [0.5, 0.6) is 11.5 Å². The number of hydrogen-bond acceptors (Lipinski definition) is 2. The average molecular weight is 590 g/mol. The molecule has 0 spiro atoms. The van der Waals surface area contributed by atoms with Crippen molar-refractivity contribution in [3.05, 3.63) is 129 Å². The first-order chi connectivity index (χ1) is 19.9. The highest BCUT2D eigenvalue weighted by Crippen LogP contribution is 2.37. The normalized spacial score (nSPS) is 10.8. The molecule has 0 amide bonds. The Labute approximate surface area is 233 Å². The molecule has 0 atom stereocenters. The third kappa shape index (κ3) is 6.81. The Bertz CT molecular complexity index is 1710. The summed E-state index contributed by atoms with van der Waals surface area (Å²) >= 11 is 0. The Morgan fingerprint density at radius 3 is 1.52 bits per heavy atom. The smallest absolute Gasteiger partial charge is 0.432 e. The van der Waals surface area contributed by atoms with Crippen molar-refractivity contribution in [1.29, 1.82) is 0 Å². The molecule has 0 saturated heterocycles. The summed E-state index contributed by atoms with van der Waals surface area (Å²) in [5.41, 5.74) is -2.06. The number of hydrogen-bond donors (Lipinski definition) is 0. The van der Waals surface area contributed by atoms with Crippen molar-refractivity contribution in [2.75, 3.05) is 6.61 Å². The fraction of sp³-hybridized carbons (Fsp3) is 0.0968. The Hall–Kier alpha value is -5.03. The van der Waals surface area contributed by atoms with Crippen LogP contribution in [0.4, 0.5) is 39.5 Å². The van der Waals surface area contributed by atoms with Gasteiger partial charge in [0.1, 0.15) is 40.3 Å². The summed E-state index contributed by atoms with van der Waals surface area (Å²) in [6, 6.07) is 8.96. The standard InChI is InChI=1S/C31H15F9O2/c1-2-41-20-13-25(34)29(26(35)14-20)31(39,40)42-21-15-23(32)22(24(33)16-21)10-9-18-5-3-17(4-6-18)7-8-19-11-27(36)30(38)28(37)12-19/h3-6,11-16H,2H2,1H3. The van der Waals surface area contributed by atoms with Gasteiger partial charge in [0.15, 0.2) is 17.5 Å². The predicted molar refractivity (Wildman–Crippen MR) is 133 cm³/mol. The van der Waals surface area contributed by atoms with Crippen LogP contribution in [0, 0.1) is 64.4 Å². The van der Waals surface area contributed by atoms with Crippen LogP contribution < -0.4 is 9.47 Å². The van der Waals surface area contributed by atoms with E-state index in [0.29, 0.717) is 29.8 Å². The van der Waals surface area contributed by atoms with Gasteiger partial charge in [-0.15, -0.1) is 0 Å². The molecule has 0 heterocycles. The van der Waals surface area contributed by atoms with Gasteiger partial charge in [0.2, 0.25) is 0 Å². The van der Waals surface area contributed by atoms with Crippen molar-refractivity contribution in [3.63, 3.8) is 0 Å². The first-order valence-electron chi connectivity index (χ1n) is 11.8. The minimum atomic E-state index is -4.64. The summed E-state index contributed by atoms with van der Waals surface area (Å²) in [5, 5.41) is 0. The zero-order valence-electron chi connectivity index (χ0n) is 21.2. The van der Waals surface area contributed by atoms with Crippen LogP contribution in [-0.2, 0) is 6.11 Å². The van der Waals surface area contributed by atoms with Gasteiger partial charge in [-0.25, -0.2) is 30.7 Å². The second-order valence-electron chi connectivity index (χ2n) is 8.41. The minimum Gasteiger partial charge on any atom is -0.494 e. The third-order valence-electron chi connectivity index (χ3n) is 5.43. The number of rotatable bonds is 5. The molecule has 0 bridgehead atoms. The number of alkyl halides is 2. The van der Waals surface area contributed by atoms with Gasteiger partial charge in [0.05, 0.1) is 12.2 Å². The third-order valence-corrected chi connectivity index (χ3v) is 5.43. The Balaban J connectivity index is 1.51. The lowest BCUT2D eigenvalue weighted by Gasteiger charge is -2.20. The maximum atomic E-state index is 14.6. The van der Waals surface area contributed by atoms with Crippen LogP contribution in [0.3, 0.4) is 0 Å². The molecule has 0 N–H and O–H groups in total. The zero-order chi connectivity index (χ0) is 30.6. The molecule has 0 unspecified atom stereocenters. The molecule has 214 valence electrons. The van der Waals surface area contributed by atoms with E-state index in [0.717, 1.165) is 12.1 Å². The van der Waals surface area contributed by atoms with E-state index in [1.54, 1.807) is 0 Å². The van der Waals surface area contributed by atoms with E-state index in [1.165, 1.54) is 31.2 Å². The molecule has 4 aromatic carbocycles. The molecule has 42 heavy (non-hydrogen) atoms. The Kier molecular flexibility index (Phi) is 8.72. The molecule has 0 aliphatic heterocycles. The van der Waals surface area contributed by atoms with E-state index >= 15 is 0 Å². The van der Waals surface area contributed by atoms with Gasteiger partial charge in [-0.2, -0.15) is 8.78 Å². The lowest BCUT2D eigenvalue weighted by atomic mass is 10.1. The monoisotopic (exact) mass is 590 g/mol. The van der Waals surface area contributed by atoms with E-state index in [1.807, 2.05) is 0 Å². The van der Waals surface area contributed by atoms with Gasteiger partial charge in [0, 0.05) is 41.0 Å². The minimum absolute atomic E-state index is 0.0181. The van der Waals surface area contributed by atoms with Gasteiger partial charge in [-0.05, 0) is 43.3 Å². The van der Waals surface area contributed by atoms with E-state index in [4.69, 9.17) is 4.74 Å². The molecule has 0 aliphatic carbocycles. The molecule has 0 aliphatic rings. The fourth-order valence-electron chi connectivity index (χ4n) is 3.55. The zero-order valence-corrected chi connectivity index (χ0v) is 21.2. The first kappa shape index (κ1) is 29.9. The highest BCUT2D eigenvalue weighted by Gasteiger charge is 2.41. The molecule has 11 heteroatoms. The van der Waals surface area contributed by atoms with Crippen molar-refractivity contribution in [2.45, 2.75) is 13.0 Å². The summed E-state index contributed by atoms with van der Waals surface area (Å²) in [6.07, 6.45) is -4.64. The van der Waals surface area contributed by atoms with Crippen molar-refractivity contribution in [2.24, 2.45) is 0 Å². The van der Waals surface area contributed by atoms with Crippen LogP contribution in [0.25, 0.3) is 0 Å². The molecular weight excluding hydrogens is 575 g/mol. The topological polar surface area (TPSA) is 18.5 Å².